The van der Waals surface area contributed by atoms with Gasteiger partial charge < -0.3 is 15.7 Å². The normalized spacial score (nSPS) is 19.7. The summed E-state index contributed by atoms with van der Waals surface area (Å²) in [6.45, 7) is 10.5. The first-order valence-electron chi connectivity index (χ1n) is 8.09. The van der Waals surface area contributed by atoms with Crippen LogP contribution in [-0.4, -0.2) is 29.6 Å². The fraction of sp³-hybridized carbons (Fsp3) is 0.667. The van der Waals surface area contributed by atoms with E-state index in [4.69, 9.17) is 5.73 Å². The fourth-order valence-electron chi connectivity index (χ4n) is 3.21. The van der Waals surface area contributed by atoms with Crippen LogP contribution in [0, 0.1) is 11.3 Å². The Balaban J connectivity index is 1.85. The Kier molecular flexibility index (Phi) is 5.42. The molecular formula is C18H30N2O. The zero-order valence-corrected chi connectivity index (χ0v) is 13.7. The first kappa shape index (κ1) is 16.5. The molecule has 1 aromatic rings. The van der Waals surface area contributed by atoms with Gasteiger partial charge in [-0.1, -0.05) is 45.0 Å². The molecule has 1 unspecified atom stereocenters. The molecule has 1 atom stereocenters. The Morgan fingerprint density at radius 1 is 1.19 bits per heavy atom. The van der Waals surface area contributed by atoms with Crippen LogP contribution in [0.2, 0.25) is 0 Å². The lowest BCUT2D eigenvalue weighted by molar-refractivity contribution is 0.0653. The fourth-order valence-corrected chi connectivity index (χ4v) is 3.21. The standard InChI is InChI=1S/C18H30N2O/c1-18(2,3)16-8-10-20(11-9-16)13-17(21)15-6-4-14(12-19)5-7-15/h4-7,16-17,21H,8-13,19H2,1-3H3. The number of piperidine rings is 1. The van der Waals surface area contributed by atoms with Crippen molar-refractivity contribution in [2.45, 2.75) is 46.3 Å². The maximum Gasteiger partial charge on any atom is 0.0916 e. The van der Waals surface area contributed by atoms with Crippen molar-refractivity contribution < 1.29 is 5.11 Å². The first-order valence-corrected chi connectivity index (χ1v) is 8.09. The predicted octanol–water partition coefficient (Wildman–Crippen LogP) is 2.94. The molecule has 1 saturated heterocycles. The lowest BCUT2D eigenvalue weighted by atomic mass is 9.75. The highest BCUT2D eigenvalue weighted by Crippen LogP contribution is 2.34. The van der Waals surface area contributed by atoms with Gasteiger partial charge in [0, 0.05) is 13.1 Å². The minimum absolute atomic E-state index is 0.400. The average molecular weight is 290 g/mol. The Hall–Kier alpha value is -0.900. The number of hydrogen-bond acceptors (Lipinski definition) is 3. The second kappa shape index (κ2) is 6.91. The Morgan fingerprint density at radius 3 is 2.24 bits per heavy atom. The number of hydrogen-bond donors (Lipinski definition) is 2. The van der Waals surface area contributed by atoms with Gasteiger partial charge in [-0.3, -0.25) is 0 Å². The summed E-state index contributed by atoms with van der Waals surface area (Å²) in [5, 5.41) is 10.4. The van der Waals surface area contributed by atoms with E-state index in [1.807, 2.05) is 24.3 Å². The Labute approximate surface area is 129 Å². The van der Waals surface area contributed by atoms with Crippen LogP contribution in [0.3, 0.4) is 0 Å². The molecule has 0 radical (unpaired) electrons. The van der Waals surface area contributed by atoms with Crippen LogP contribution in [0.1, 0.15) is 50.8 Å². The molecule has 2 rings (SSSR count). The molecule has 1 fully saturated rings. The number of likely N-dealkylation sites (tertiary alicyclic amines) is 1. The van der Waals surface area contributed by atoms with Crippen molar-refractivity contribution in [1.29, 1.82) is 0 Å². The van der Waals surface area contributed by atoms with Gasteiger partial charge >= 0.3 is 0 Å². The highest BCUT2D eigenvalue weighted by Gasteiger charge is 2.29. The van der Waals surface area contributed by atoms with Crippen molar-refractivity contribution in [2.24, 2.45) is 17.1 Å². The topological polar surface area (TPSA) is 49.5 Å². The van der Waals surface area contributed by atoms with Gasteiger partial charge in [0.2, 0.25) is 0 Å². The molecule has 21 heavy (non-hydrogen) atoms. The van der Waals surface area contributed by atoms with Gasteiger partial charge in [0.05, 0.1) is 6.10 Å². The van der Waals surface area contributed by atoms with Crippen LogP contribution in [0.25, 0.3) is 0 Å². The SMILES string of the molecule is CC(C)(C)C1CCN(CC(O)c2ccc(CN)cc2)CC1. The van der Waals surface area contributed by atoms with Crippen LogP contribution in [0.15, 0.2) is 24.3 Å². The van der Waals surface area contributed by atoms with E-state index in [0.717, 1.165) is 36.7 Å². The summed E-state index contributed by atoms with van der Waals surface area (Å²) < 4.78 is 0. The van der Waals surface area contributed by atoms with E-state index >= 15 is 0 Å². The number of aliphatic hydroxyl groups is 1. The Bertz CT molecular complexity index is 428. The summed E-state index contributed by atoms with van der Waals surface area (Å²) in [4.78, 5) is 2.39. The molecule has 118 valence electrons. The summed E-state index contributed by atoms with van der Waals surface area (Å²) in [5.41, 5.74) is 8.11. The first-order chi connectivity index (χ1) is 9.90. The molecule has 1 heterocycles. The van der Waals surface area contributed by atoms with E-state index in [1.54, 1.807) is 0 Å². The maximum atomic E-state index is 10.4. The summed E-state index contributed by atoms with van der Waals surface area (Å²) in [7, 11) is 0. The van der Waals surface area contributed by atoms with E-state index in [0.29, 0.717) is 12.0 Å². The van der Waals surface area contributed by atoms with Crippen molar-refractivity contribution in [1.82, 2.24) is 4.90 Å². The van der Waals surface area contributed by atoms with Crippen LogP contribution >= 0.6 is 0 Å². The quantitative estimate of drug-likeness (QED) is 0.896. The van der Waals surface area contributed by atoms with Crippen molar-refractivity contribution in [3.8, 4) is 0 Å². The molecule has 0 amide bonds. The van der Waals surface area contributed by atoms with E-state index < -0.39 is 6.10 Å². The molecule has 3 N–H and O–H groups in total. The molecular weight excluding hydrogens is 260 g/mol. The third-order valence-electron chi connectivity index (χ3n) is 4.84. The number of benzene rings is 1. The predicted molar refractivity (Wildman–Crippen MR) is 87.9 cm³/mol. The third kappa shape index (κ3) is 4.53. The van der Waals surface area contributed by atoms with Crippen LogP contribution in [0.4, 0.5) is 0 Å². The van der Waals surface area contributed by atoms with Gasteiger partial charge in [0.25, 0.3) is 0 Å². The van der Waals surface area contributed by atoms with Gasteiger partial charge in [-0.25, -0.2) is 0 Å². The van der Waals surface area contributed by atoms with Gasteiger partial charge in [0.1, 0.15) is 0 Å². The largest absolute Gasteiger partial charge is 0.387 e. The minimum atomic E-state index is -0.400. The Morgan fingerprint density at radius 2 is 1.76 bits per heavy atom. The summed E-state index contributed by atoms with van der Waals surface area (Å²) in [6, 6.07) is 8.00. The molecule has 0 bridgehead atoms. The number of aliphatic hydroxyl groups excluding tert-OH is 1. The van der Waals surface area contributed by atoms with Crippen LogP contribution in [-0.2, 0) is 6.54 Å². The summed E-state index contributed by atoms with van der Waals surface area (Å²) >= 11 is 0. The van der Waals surface area contributed by atoms with E-state index in [1.165, 1.54) is 12.8 Å². The second-order valence-corrected chi connectivity index (χ2v) is 7.40. The van der Waals surface area contributed by atoms with Crippen molar-refractivity contribution in [2.75, 3.05) is 19.6 Å². The number of nitrogens with zero attached hydrogens (tertiary/aromatic N) is 1. The van der Waals surface area contributed by atoms with Gasteiger partial charge in [-0.05, 0) is 48.4 Å². The monoisotopic (exact) mass is 290 g/mol. The van der Waals surface area contributed by atoms with Gasteiger partial charge in [-0.15, -0.1) is 0 Å². The lowest BCUT2D eigenvalue weighted by Crippen LogP contribution is -2.39. The zero-order chi connectivity index (χ0) is 15.5. The maximum absolute atomic E-state index is 10.4. The number of β-amino-alcohol motifs (C(OH)–C–C–N with tert-alkyl or cyclic N) is 1. The van der Waals surface area contributed by atoms with E-state index in [2.05, 4.69) is 25.7 Å². The average Bonchev–Trinajstić information content (AvgIpc) is 2.47. The summed E-state index contributed by atoms with van der Waals surface area (Å²) in [5.74, 6) is 0.801. The second-order valence-electron chi connectivity index (χ2n) is 7.40. The van der Waals surface area contributed by atoms with E-state index in [9.17, 15) is 5.11 Å². The van der Waals surface area contributed by atoms with Crippen molar-refractivity contribution >= 4 is 0 Å². The van der Waals surface area contributed by atoms with Gasteiger partial charge in [-0.2, -0.15) is 0 Å². The molecule has 1 aromatic carbocycles. The van der Waals surface area contributed by atoms with Crippen molar-refractivity contribution in [3.05, 3.63) is 35.4 Å². The van der Waals surface area contributed by atoms with Crippen LogP contribution in [0.5, 0.6) is 0 Å². The molecule has 0 aromatic heterocycles. The smallest absolute Gasteiger partial charge is 0.0916 e. The molecule has 3 nitrogen and oxygen atoms in total. The molecule has 1 aliphatic heterocycles. The van der Waals surface area contributed by atoms with E-state index in [-0.39, 0.29) is 0 Å². The van der Waals surface area contributed by atoms with Crippen molar-refractivity contribution in [3.63, 3.8) is 0 Å². The molecule has 1 aliphatic rings. The summed E-state index contributed by atoms with van der Waals surface area (Å²) in [6.07, 6.45) is 2.08. The number of nitrogens with two attached hydrogens (primary N) is 1. The molecule has 0 aliphatic carbocycles. The minimum Gasteiger partial charge on any atom is -0.387 e. The lowest BCUT2D eigenvalue weighted by Gasteiger charge is -2.39. The zero-order valence-electron chi connectivity index (χ0n) is 13.7. The number of rotatable bonds is 4. The highest BCUT2D eigenvalue weighted by molar-refractivity contribution is 5.24. The molecule has 0 spiro atoms. The molecule has 0 saturated carbocycles. The molecule has 3 heteroatoms. The van der Waals surface area contributed by atoms with Crippen LogP contribution < -0.4 is 5.73 Å². The van der Waals surface area contributed by atoms with Gasteiger partial charge in [0.15, 0.2) is 0 Å². The highest BCUT2D eigenvalue weighted by atomic mass is 16.3. The third-order valence-corrected chi connectivity index (χ3v) is 4.84.